The van der Waals surface area contributed by atoms with E-state index in [9.17, 15) is 4.79 Å². The highest BCUT2D eigenvalue weighted by atomic mass is 16.5. The molecular weight excluding hydrogens is 386 g/mol. The maximum absolute atomic E-state index is 13.0. The normalized spacial score (nSPS) is 14.4. The number of aryl methyl sites for hydroxylation is 1. The van der Waals surface area contributed by atoms with Crippen LogP contribution in [0.1, 0.15) is 39.9 Å². The minimum Gasteiger partial charge on any atom is -0.489 e. The molecule has 0 aromatic heterocycles. The van der Waals surface area contributed by atoms with Gasteiger partial charge in [-0.1, -0.05) is 66.2 Å². The third-order valence-electron chi connectivity index (χ3n) is 5.63. The minimum atomic E-state index is 0.0579. The molecule has 1 fully saturated rings. The van der Waals surface area contributed by atoms with Gasteiger partial charge in [-0.15, -0.1) is 0 Å². The maximum Gasteiger partial charge on any atom is 0.253 e. The molecule has 3 aromatic rings. The lowest BCUT2D eigenvalue weighted by Crippen LogP contribution is -2.40. The standard InChI is InChI=1S/C27H29NO3/c1-21-7-5-10-23(17-21)20-31-26-12-6-11-24(18-26)27(29)28-15-13-25(14-16-28)30-19-22-8-3-2-4-9-22/h2-12,17-18,25H,13-16,19-20H2,1H3. The van der Waals surface area contributed by atoms with E-state index < -0.39 is 0 Å². The summed E-state index contributed by atoms with van der Waals surface area (Å²) in [6, 6.07) is 26.0. The van der Waals surface area contributed by atoms with E-state index in [-0.39, 0.29) is 12.0 Å². The topological polar surface area (TPSA) is 38.8 Å². The number of ether oxygens (including phenoxy) is 2. The number of nitrogens with zero attached hydrogens (tertiary/aromatic N) is 1. The Morgan fingerprint density at radius 3 is 2.39 bits per heavy atom. The zero-order valence-corrected chi connectivity index (χ0v) is 18.0. The van der Waals surface area contributed by atoms with E-state index in [4.69, 9.17) is 9.47 Å². The van der Waals surface area contributed by atoms with Crippen LogP contribution >= 0.6 is 0 Å². The molecule has 0 spiro atoms. The summed E-state index contributed by atoms with van der Waals surface area (Å²) < 4.78 is 12.0. The smallest absolute Gasteiger partial charge is 0.253 e. The number of carbonyl (C=O) groups is 1. The molecule has 0 N–H and O–H groups in total. The fraction of sp³-hybridized carbons (Fsp3) is 0.296. The quantitative estimate of drug-likeness (QED) is 0.519. The number of benzene rings is 3. The highest BCUT2D eigenvalue weighted by Crippen LogP contribution is 2.21. The number of amides is 1. The molecule has 1 aliphatic rings. The average Bonchev–Trinajstić information content (AvgIpc) is 2.82. The fourth-order valence-electron chi connectivity index (χ4n) is 3.88. The lowest BCUT2D eigenvalue weighted by atomic mass is 10.1. The van der Waals surface area contributed by atoms with Crippen molar-refractivity contribution >= 4 is 5.91 Å². The van der Waals surface area contributed by atoms with Gasteiger partial charge < -0.3 is 14.4 Å². The molecule has 1 amide bonds. The summed E-state index contributed by atoms with van der Waals surface area (Å²) in [6.45, 7) is 4.61. The Hall–Kier alpha value is -3.11. The van der Waals surface area contributed by atoms with Crippen LogP contribution < -0.4 is 4.74 Å². The van der Waals surface area contributed by atoms with Crippen molar-refractivity contribution in [3.63, 3.8) is 0 Å². The van der Waals surface area contributed by atoms with Crippen LogP contribution in [0.5, 0.6) is 5.75 Å². The lowest BCUT2D eigenvalue weighted by molar-refractivity contribution is -0.000388. The molecule has 4 rings (SSSR count). The predicted octanol–water partition coefficient (Wildman–Crippen LogP) is 5.40. The highest BCUT2D eigenvalue weighted by Gasteiger charge is 2.24. The van der Waals surface area contributed by atoms with Crippen molar-refractivity contribution in [2.45, 2.75) is 39.1 Å². The summed E-state index contributed by atoms with van der Waals surface area (Å²) in [4.78, 5) is 14.9. The summed E-state index contributed by atoms with van der Waals surface area (Å²) in [6.07, 6.45) is 1.93. The van der Waals surface area contributed by atoms with Gasteiger partial charge in [-0.3, -0.25) is 4.79 Å². The summed E-state index contributed by atoms with van der Waals surface area (Å²) >= 11 is 0. The monoisotopic (exact) mass is 415 g/mol. The molecule has 3 aromatic carbocycles. The van der Waals surface area contributed by atoms with Gasteiger partial charge in [-0.05, 0) is 49.1 Å². The fourth-order valence-corrected chi connectivity index (χ4v) is 3.88. The van der Waals surface area contributed by atoms with Crippen molar-refractivity contribution in [2.75, 3.05) is 13.1 Å². The van der Waals surface area contributed by atoms with Crippen molar-refractivity contribution < 1.29 is 14.3 Å². The molecule has 0 saturated carbocycles. The Labute approximate surface area is 184 Å². The number of rotatable bonds is 7. The van der Waals surface area contributed by atoms with E-state index in [2.05, 4.69) is 31.2 Å². The van der Waals surface area contributed by atoms with Crippen LogP contribution in [0.4, 0.5) is 0 Å². The Morgan fingerprint density at radius 2 is 1.61 bits per heavy atom. The van der Waals surface area contributed by atoms with Crippen LogP contribution in [0.3, 0.4) is 0 Å². The molecule has 0 aliphatic carbocycles. The number of hydrogen-bond acceptors (Lipinski definition) is 3. The van der Waals surface area contributed by atoms with E-state index in [1.54, 1.807) is 0 Å². The van der Waals surface area contributed by atoms with Gasteiger partial charge in [0.05, 0.1) is 12.7 Å². The molecule has 4 nitrogen and oxygen atoms in total. The van der Waals surface area contributed by atoms with Crippen LogP contribution in [-0.4, -0.2) is 30.0 Å². The second-order valence-corrected chi connectivity index (χ2v) is 8.09. The van der Waals surface area contributed by atoms with Crippen molar-refractivity contribution in [1.29, 1.82) is 0 Å². The van der Waals surface area contributed by atoms with Crippen LogP contribution in [0.2, 0.25) is 0 Å². The van der Waals surface area contributed by atoms with Gasteiger partial charge in [0.2, 0.25) is 0 Å². The summed E-state index contributed by atoms with van der Waals surface area (Å²) in [7, 11) is 0. The largest absolute Gasteiger partial charge is 0.489 e. The van der Waals surface area contributed by atoms with Crippen molar-refractivity contribution in [1.82, 2.24) is 4.90 Å². The number of piperidine rings is 1. The first-order valence-electron chi connectivity index (χ1n) is 10.9. The molecule has 1 heterocycles. The summed E-state index contributed by atoms with van der Waals surface area (Å²) in [5.41, 5.74) is 4.18. The van der Waals surface area contributed by atoms with Gasteiger partial charge in [0.1, 0.15) is 12.4 Å². The van der Waals surface area contributed by atoms with Crippen LogP contribution in [0, 0.1) is 6.92 Å². The van der Waals surface area contributed by atoms with E-state index >= 15 is 0 Å². The molecule has 1 saturated heterocycles. The van der Waals surface area contributed by atoms with Crippen molar-refractivity contribution in [3.05, 3.63) is 101 Å². The molecule has 4 heteroatoms. The van der Waals surface area contributed by atoms with E-state index in [0.29, 0.717) is 37.6 Å². The third kappa shape index (κ3) is 5.96. The Kier molecular flexibility index (Phi) is 7.00. The van der Waals surface area contributed by atoms with Crippen LogP contribution in [-0.2, 0) is 18.0 Å². The first-order valence-corrected chi connectivity index (χ1v) is 10.9. The minimum absolute atomic E-state index is 0.0579. The Morgan fingerprint density at radius 1 is 0.871 bits per heavy atom. The van der Waals surface area contributed by atoms with Gasteiger partial charge in [-0.2, -0.15) is 0 Å². The molecule has 0 radical (unpaired) electrons. The maximum atomic E-state index is 13.0. The van der Waals surface area contributed by atoms with Crippen molar-refractivity contribution in [3.8, 4) is 5.75 Å². The van der Waals surface area contributed by atoms with Gasteiger partial charge in [0.25, 0.3) is 5.91 Å². The van der Waals surface area contributed by atoms with Gasteiger partial charge in [0, 0.05) is 18.7 Å². The first kappa shape index (κ1) is 21.1. The number of carbonyl (C=O) groups excluding carboxylic acids is 1. The van der Waals surface area contributed by atoms with E-state index in [1.807, 2.05) is 59.5 Å². The van der Waals surface area contributed by atoms with Crippen LogP contribution in [0.15, 0.2) is 78.9 Å². The van der Waals surface area contributed by atoms with Gasteiger partial charge in [0.15, 0.2) is 0 Å². The average molecular weight is 416 g/mol. The summed E-state index contributed by atoms with van der Waals surface area (Å²) in [5, 5.41) is 0. The number of likely N-dealkylation sites (tertiary alicyclic amines) is 1. The van der Waals surface area contributed by atoms with Gasteiger partial charge in [-0.25, -0.2) is 0 Å². The molecule has 31 heavy (non-hydrogen) atoms. The van der Waals surface area contributed by atoms with E-state index in [1.165, 1.54) is 11.1 Å². The highest BCUT2D eigenvalue weighted by molar-refractivity contribution is 5.94. The van der Waals surface area contributed by atoms with Gasteiger partial charge >= 0.3 is 0 Å². The lowest BCUT2D eigenvalue weighted by Gasteiger charge is -2.32. The van der Waals surface area contributed by atoms with E-state index in [0.717, 1.165) is 18.4 Å². The number of hydrogen-bond donors (Lipinski definition) is 0. The summed E-state index contributed by atoms with van der Waals surface area (Å²) in [5.74, 6) is 0.774. The third-order valence-corrected chi connectivity index (χ3v) is 5.63. The Balaban J connectivity index is 1.28. The Bertz CT molecular complexity index is 994. The molecule has 160 valence electrons. The predicted molar refractivity (Wildman–Crippen MR) is 122 cm³/mol. The first-order chi connectivity index (χ1) is 15.2. The molecule has 0 unspecified atom stereocenters. The molecular formula is C27H29NO3. The van der Waals surface area contributed by atoms with Crippen LogP contribution in [0.25, 0.3) is 0 Å². The second-order valence-electron chi connectivity index (χ2n) is 8.09. The van der Waals surface area contributed by atoms with Crippen molar-refractivity contribution in [2.24, 2.45) is 0 Å². The molecule has 1 aliphatic heterocycles. The molecule has 0 atom stereocenters. The zero-order valence-electron chi connectivity index (χ0n) is 18.0. The second kappa shape index (κ2) is 10.3. The molecule has 0 bridgehead atoms. The zero-order chi connectivity index (χ0) is 21.5. The SMILES string of the molecule is Cc1cccc(COc2cccc(C(=O)N3CCC(OCc4ccccc4)CC3)c2)c1.